The van der Waals surface area contributed by atoms with Crippen molar-refractivity contribution in [1.82, 2.24) is 10.6 Å². The van der Waals surface area contributed by atoms with Crippen LogP contribution in [0.4, 0.5) is 0 Å². The molecule has 6 heteroatoms. The van der Waals surface area contributed by atoms with Gasteiger partial charge < -0.3 is 29.6 Å². The Morgan fingerprint density at radius 2 is 1.00 bits per heavy atom. The summed E-state index contributed by atoms with van der Waals surface area (Å²) in [5.74, 6) is 0. The predicted molar refractivity (Wildman–Crippen MR) is 87.4 cm³/mol. The molecule has 0 aromatic rings. The monoisotopic (exact) mass is 318 g/mol. The van der Waals surface area contributed by atoms with Gasteiger partial charge in [-0.1, -0.05) is 0 Å². The van der Waals surface area contributed by atoms with Gasteiger partial charge in [0, 0.05) is 25.2 Å². The molecule has 0 bridgehead atoms. The molecule has 0 amide bonds. The van der Waals surface area contributed by atoms with Crippen molar-refractivity contribution >= 4 is 0 Å². The molecule has 132 valence electrons. The zero-order valence-electron chi connectivity index (χ0n) is 14.6. The Morgan fingerprint density at radius 3 is 1.45 bits per heavy atom. The van der Waals surface area contributed by atoms with Crippen molar-refractivity contribution in [2.24, 2.45) is 0 Å². The van der Waals surface area contributed by atoms with E-state index in [4.69, 9.17) is 18.9 Å². The third-order valence-electron chi connectivity index (χ3n) is 4.05. The van der Waals surface area contributed by atoms with Gasteiger partial charge in [0.1, 0.15) is 0 Å². The summed E-state index contributed by atoms with van der Waals surface area (Å²) in [6.45, 7) is 13.9. The summed E-state index contributed by atoms with van der Waals surface area (Å²) in [6, 6.07) is 0.592. The molecule has 1 aliphatic heterocycles. The molecule has 4 atom stereocenters. The van der Waals surface area contributed by atoms with Gasteiger partial charge in [0.05, 0.1) is 51.8 Å². The molecule has 0 radical (unpaired) electrons. The highest BCUT2D eigenvalue weighted by atomic mass is 16.5. The van der Waals surface area contributed by atoms with Crippen LogP contribution in [0, 0.1) is 0 Å². The van der Waals surface area contributed by atoms with Crippen LogP contribution in [0.3, 0.4) is 0 Å². The molecule has 22 heavy (non-hydrogen) atoms. The number of nitrogens with one attached hydrogen (secondary N) is 2. The van der Waals surface area contributed by atoms with Crippen LogP contribution < -0.4 is 10.6 Å². The summed E-state index contributed by atoms with van der Waals surface area (Å²) in [7, 11) is 0. The Kier molecular flexibility index (Phi) is 11.0. The maximum absolute atomic E-state index is 5.76. The molecule has 0 aromatic carbocycles. The highest BCUT2D eigenvalue weighted by Crippen LogP contribution is 2.00. The fraction of sp³-hybridized carbons (Fsp3) is 1.00. The molecule has 2 N–H and O–H groups in total. The number of ether oxygens (including phenoxy) is 4. The van der Waals surface area contributed by atoms with Crippen molar-refractivity contribution in [3.8, 4) is 0 Å². The molecular formula is C16H34N2O4. The minimum atomic E-state index is 0.154. The van der Waals surface area contributed by atoms with Gasteiger partial charge in [-0.15, -0.1) is 0 Å². The largest absolute Gasteiger partial charge is 0.379 e. The molecule has 6 nitrogen and oxygen atoms in total. The summed E-state index contributed by atoms with van der Waals surface area (Å²) in [4.78, 5) is 0. The summed E-state index contributed by atoms with van der Waals surface area (Å²) < 4.78 is 22.7. The molecule has 0 spiro atoms. The molecule has 0 saturated carbocycles. The van der Waals surface area contributed by atoms with Gasteiger partial charge >= 0.3 is 0 Å². The summed E-state index contributed by atoms with van der Waals surface area (Å²) >= 11 is 0. The molecule has 1 aliphatic rings. The lowest BCUT2D eigenvalue weighted by atomic mass is 10.2. The average Bonchev–Trinajstić information content (AvgIpc) is 2.51. The minimum absolute atomic E-state index is 0.154. The first kappa shape index (κ1) is 19.8. The molecule has 1 fully saturated rings. The first-order chi connectivity index (χ1) is 10.6. The minimum Gasteiger partial charge on any atom is -0.379 e. The second-order valence-electron chi connectivity index (χ2n) is 5.86. The van der Waals surface area contributed by atoms with Gasteiger partial charge in [0.2, 0.25) is 0 Å². The maximum Gasteiger partial charge on any atom is 0.0704 e. The fourth-order valence-electron chi connectivity index (χ4n) is 2.13. The Labute approximate surface area is 135 Å². The van der Waals surface area contributed by atoms with E-state index < -0.39 is 0 Å². The predicted octanol–water partition coefficient (Wildman–Crippen LogP) is 0.800. The molecule has 1 heterocycles. The second kappa shape index (κ2) is 12.2. The first-order valence-corrected chi connectivity index (χ1v) is 8.46. The summed E-state index contributed by atoms with van der Waals surface area (Å²) in [5.41, 5.74) is 0. The van der Waals surface area contributed by atoms with Crippen LogP contribution in [-0.2, 0) is 18.9 Å². The van der Waals surface area contributed by atoms with E-state index in [0.29, 0.717) is 51.7 Å². The van der Waals surface area contributed by atoms with Crippen LogP contribution >= 0.6 is 0 Å². The van der Waals surface area contributed by atoms with E-state index in [2.05, 4.69) is 38.3 Å². The SMILES string of the molecule is CC1NCCOCCNC(C)C(C)OCCOCCOC1C. The standard InChI is InChI=1S/C16H34N2O4/c1-13-15(3)21-11-9-20-10-12-22-16(4)14(2)18-6-8-19-7-5-17-13/h13-18H,5-12H2,1-4H3. The highest BCUT2D eigenvalue weighted by Gasteiger charge is 2.13. The van der Waals surface area contributed by atoms with Crippen LogP contribution in [0.1, 0.15) is 27.7 Å². The zero-order valence-corrected chi connectivity index (χ0v) is 14.6. The van der Waals surface area contributed by atoms with Crippen molar-refractivity contribution in [3.63, 3.8) is 0 Å². The van der Waals surface area contributed by atoms with Crippen molar-refractivity contribution < 1.29 is 18.9 Å². The van der Waals surface area contributed by atoms with Crippen molar-refractivity contribution in [2.45, 2.75) is 52.0 Å². The van der Waals surface area contributed by atoms with Gasteiger partial charge in [-0.05, 0) is 27.7 Å². The Hall–Kier alpha value is -0.240. The van der Waals surface area contributed by atoms with E-state index in [1.54, 1.807) is 0 Å². The summed E-state index contributed by atoms with van der Waals surface area (Å²) in [6.07, 6.45) is 0.308. The maximum atomic E-state index is 5.76. The third kappa shape index (κ3) is 9.02. The first-order valence-electron chi connectivity index (χ1n) is 8.46. The Morgan fingerprint density at radius 1 is 0.591 bits per heavy atom. The quantitative estimate of drug-likeness (QED) is 0.689. The van der Waals surface area contributed by atoms with Gasteiger partial charge in [0.15, 0.2) is 0 Å². The van der Waals surface area contributed by atoms with Crippen molar-refractivity contribution in [1.29, 1.82) is 0 Å². The molecule has 4 unspecified atom stereocenters. The normalized spacial score (nSPS) is 35.5. The van der Waals surface area contributed by atoms with Gasteiger partial charge in [0.25, 0.3) is 0 Å². The van der Waals surface area contributed by atoms with Crippen molar-refractivity contribution in [3.05, 3.63) is 0 Å². The van der Waals surface area contributed by atoms with Gasteiger partial charge in [-0.25, -0.2) is 0 Å². The van der Waals surface area contributed by atoms with Crippen LogP contribution in [-0.4, -0.2) is 77.0 Å². The van der Waals surface area contributed by atoms with E-state index >= 15 is 0 Å². The lowest BCUT2D eigenvalue weighted by Crippen LogP contribution is -2.41. The fourth-order valence-corrected chi connectivity index (χ4v) is 2.13. The van der Waals surface area contributed by atoms with Crippen LogP contribution in [0.5, 0.6) is 0 Å². The van der Waals surface area contributed by atoms with E-state index in [1.165, 1.54) is 0 Å². The average molecular weight is 318 g/mol. The molecular weight excluding hydrogens is 284 g/mol. The van der Waals surface area contributed by atoms with E-state index in [0.717, 1.165) is 13.1 Å². The number of hydrogen-bond acceptors (Lipinski definition) is 6. The van der Waals surface area contributed by atoms with Crippen LogP contribution in [0.15, 0.2) is 0 Å². The topological polar surface area (TPSA) is 61.0 Å². The van der Waals surface area contributed by atoms with E-state index in [9.17, 15) is 0 Å². The van der Waals surface area contributed by atoms with E-state index in [-0.39, 0.29) is 12.2 Å². The van der Waals surface area contributed by atoms with Gasteiger partial charge in [-0.2, -0.15) is 0 Å². The zero-order chi connectivity index (χ0) is 16.2. The lowest BCUT2D eigenvalue weighted by molar-refractivity contribution is -0.0313. The molecule has 0 aliphatic carbocycles. The van der Waals surface area contributed by atoms with Crippen LogP contribution in [0.25, 0.3) is 0 Å². The third-order valence-corrected chi connectivity index (χ3v) is 4.05. The number of rotatable bonds is 0. The highest BCUT2D eigenvalue weighted by molar-refractivity contribution is 4.69. The molecule has 1 saturated heterocycles. The van der Waals surface area contributed by atoms with Gasteiger partial charge in [-0.3, -0.25) is 0 Å². The number of hydrogen-bond donors (Lipinski definition) is 2. The lowest BCUT2D eigenvalue weighted by Gasteiger charge is -2.23. The second-order valence-corrected chi connectivity index (χ2v) is 5.86. The molecule has 0 aromatic heterocycles. The van der Waals surface area contributed by atoms with Crippen LogP contribution in [0.2, 0.25) is 0 Å². The Balaban J connectivity index is 2.31. The summed E-state index contributed by atoms with van der Waals surface area (Å²) in [5, 5.41) is 6.84. The smallest absolute Gasteiger partial charge is 0.0704 e. The van der Waals surface area contributed by atoms with E-state index in [1.807, 2.05) is 0 Å². The van der Waals surface area contributed by atoms with Crippen molar-refractivity contribution in [2.75, 3.05) is 52.7 Å². The molecule has 1 rings (SSSR count). The Bertz CT molecular complexity index is 219.